The Hall–Kier alpha value is -1.96. The van der Waals surface area contributed by atoms with Gasteiger partial charge in [0.25, 0.3) is 0 Å². The topological polar surface area (TPSA) is 30.0 Å². The second-order valence-corrected chi connectivity index (χ2v) is 5.07. The standard InChI is InChI=1S/C17H19NO/c1-13-9-14(2)11-16(10-13)12-17(19)4-3-15-5-7-18-8-6-15/h5-11H,3-4,12H2,1-2H3. The van der Waals surface area contributed by atoms with Crippen LogP contribution in [-0.4, -0.2) is 10.8 Å². The van der Waals surface area contributed by atoms with Gasteiger partial charge in [0.1, 0.15) is 5.78 Å². The van der Waals surface area contributed by atoms with Crippen molar-refractivity contribution in [3.63, 3.8) is 0 Å². The molecule has 0 atom stereocenters. The number of hydrogen-bond acceptors (Lipinski definition) is 2. The third-order valence-electron chi connectivity index (χ3n) is 3.12. The minimum absolute atomic E-state index is 0.293. The monoisotopic (exact) mass is 253 g/mol. The first-order chi connectivity index (χ1) is 9.13. The number of aryl methyl sites for hydroxylation is 3. The van der Waals surface area contributed by atoms with Crippen LogP contribution in [0.4, 0.5) is 0 Å². The van der Waals surface area contributed by atoms with Crippen molar-refractivity contribution in [3.05, 3.63) is 65.0 Å². The van der Waals surface area contributed by atoms with E-state index in [-0.39, 0.29) is 0 Å². The molecule has 1 aromatic heterocycles. The van der Waals surface area contributed by atoms with Gasteiger partial charge in [-0.05, 0) is 43.5 Å². The summed E-state index contributed by atoms with van der Waals surface area (Å²) >= 11 is 0. The van der Waals surface area contributed by atoms with E-state index in [4.69, 9.17) is 0 Å². The fourth-order valence-electron chi connectivity index (χ4n) is 2.32. The molecule has 98 valence electrons. The number of aromatic nitrogens is 1. The molecule has 1 heterocycles. The van der Waals surface area contributed by atoms with E-state index in [0.717, 1.165) is 12.0 Å². The first-order valence-corrected chi connectivity index (χ1v) is 6.61. The van der Waals surface area contributed by atoms with Gasteiger partial charge in [0.2, 0.25) is 0 Å². The van der Waals surface area contributed by atoms with Gasteiger partial charge in [0, 0.05) is 25.2 Å². The third-order valence-corrected chi connectivity index (χ3v) is 3.12. The van der Waals surface area contributed by atoms with Gasteiger partial charge in [0.15, 0.2) is 0 Å². The van der Waals surface area contributed by atoms with Crippen LogP contribution in [0.5, 0.6) is 0 Å². The summed E-state index contributed by atoms with van der Waals surface area (Å²) in [5.41, 5.74) is 4.73. The molecule has 2 rings (SSSR count). The van der Waals surface area contributed by atoms with E-state index in [2.05, 4.69) is 37.0 Å². The molecule has 0 aliphatic rings. The van der Waals surface area contributed by atoms with Crippen LogP contribution in [0.25, 0.3) is 0 Å². The summed E-state index contributed by atoms with van der Waals surface area (Å²) in [5, 5.41) is 0. The Labute approximate surface area is 114 Å². The molecule has 0 bridgehead atoms. The Morgan fingerprint density at radius 2 is 1.63 bits per heavy atom. The molecular formula is C17H19NO. The Kier molecular flexibility index (Phi) is 4.45. The summed E-state index contributed by atoms with van der Waals surface area (Å²) in [4.78, 5) is 16.0. The second kappa shape index (κ2) is 6.28. The lowest BCUT2D eigenvalue weighted by Crippen LogP contribution is -2.05. The molecule has 0 saturated heterocycles. The summed E-state index contributed by atoms with van der Waals surface area (Å²) in [7, 11) is 0. The van der Waals surface area contributed by atoms with Crippen molar-refractivity contribution >= 4 is 5.78 Å². The maximum atomic E-state index is 12.0. The molecule has 2 heteroatoms. The van der Waals surface area contributed by atoms with E-state index >= 15 is 0 Å². The quantitative estimate of drug-likeness (QED) is 0.817. The van der Waals surface area contributed by atoms with Crippen LogP contribution < -0.4 is 0 Å². The van der Waals surface area contributed by atoms with Crippen LogP contribution in [0.1, 0.15) is 28.7 Å². The predicted octanol–water partition coefficient (Wildman–Crippen LogP) is 3.44. The zero-order valence-corrected chi connectivity index (χ0v) is 11.5. The minimum Gasteiger partial charge on any atom is -0.299 e. The molecule has 0 fully saturated rings. The number of ketones is 1. The van der Waals surface area contributed by atoms with Crippen LogP contribution in [-0.2, 0) is 17.6 Å². The molecule has 0 aliphatic carbocycles. The van der Waals surface area contributed by atoms with Gasteiger partial charge >= 0.3 is 0 Å². The Morgan fingerprint density at radius 1 is 1.00 bits per heavy atom. The van der Waals surface area contributed by atoms with E-state index in [9.17, 15) is 4.79 Å². The summed E-state index contributed by atoms with van der Waals surface area (Å²) in [6, 6.07) is 10.2. The lowest BCUT2D eigenvalue weighted by Gasteiger charge is -2.05. The van der Waals surface area contributed by atoms with Gasteiger partial charge in [-0.2, -0.15) is 0 Å². The molecule has 0 unspecified atom stereocenters. The molecular weight excluding hydrogens is 234 g/mol. The highest BCUT2D eigenvalue weighted by atomic mass is 16.1. The fraction of sp³-hybridized carbons (Fsp3) is 0.294. The van der Waals surface area contributed by atoms with Crippen LogP contribution in [0, 0.1) is 13.8 Å². The van der Waals surface area contributed by atoms with E-state index in [0.29, 0.717) is 18.6 Å². The highest BCUT2D eigenvalue weighted by Gasteiger charge is 2.05. The van der Waals surface area contributed by atoms with Crippen molar-refractivity contribution in [1.29, 1.82) is 0 Å². The van der Waals surface area contributed by atoms with Gasteiger partial charge in [0.05, 0.1) is 0 Å². The Bertz CT molecular complexity index is 540. The molecule has 19 heavy (non-hydrogen) atoms. The third kappa shape index (κ3) is 4.32. The van der Waals surface area contributed by atoms with Crippen molar-refractivity contribution < 1.29 is 4.79 Å². The van der Waals surface area contributed by atoms with Crippen molar-refractivity contribution in [3.8, 4) is 0 Å². The van der Waals surface area contributed by atoms with Crippen molar-refractivity contribution in [1.82, 2.24) is 4.98 Å². The van der Waals surface area contributed by atoms with E-state index in [1.807, 2.05) is 12.1 Å². The maximum Gasteiger partial charge on any atom is 0.137 e. The molecule has 0 radical (unpaired) electrons. The molecule has 0 aliphatic heterocycles. The van der Waals surface area contributed by atoms with Gasteiger partial charge in [-0.15, -0.1) is 0 Å². The number of nitrogens with zero attached hydrogens (tertiary/aromatic N) is 1. The molecule has 2 nitrogen and oxygen atoms in total. The zero-order valence-electron chi connectivity index (χ0n) is 11.5. The van der Waals surface area contributed by atoms with Gasteiger partial charge in [-0.25, -0.2) is 0 Å². The normalized spacial score (nSPS) is 10.4. The van der Waals surface area contributed by atoms with Crippen LogP contribution >= 0.6 is 0 Å². The van der Waals surface area contributed by atoms with E-state index in [1.54, 1.807) is 12.4 Å². The van der Waals surface area contributed by atoms with Crippen LogP contribution in [0.15, 0.2) is 42.7 Å². The van der Waals surface area contributed by atoms with Gasteiger partial charge < -0.3 is 0 Å². The number of carbonyl (C=O) groups is 1. The first-order valence-electron chi connectivity index (χ1n) is 6.61. The summed E-state index contributed by atoms with van der Waals surface area (Å²) in [6.45, 7) is 4.13. The number of Topliss-reactive ketones (excluding diaryl/α,β-unsaturated/α-hetero) is 1. The molecule has 0 amide bonds. The number of benzene rings is 1. The van der Waals surface area contributed by atoms with E-state index in [1.165, 1.54) is 16.7 Å². The minimum atomic E-state index is 0.293. The number of pyridine rings is 1. The predicted molar refractivity (Wildman–Crippen MR) is 77.2 cm³/mol. The number of rotatable bonds is 5. The molecule has 1 aromatic carbocycles. The van der Waals surface area contributed by atoms with Gasteiger partial charge in [-0.1, -0.05) is 29.3 Å². The highest BCUT2D eigenvalue weighted by Crippen LogP contribution is 2.11. The van der Waals surface area contributed by atoms with Crippen molar-refractivity contribution in [2.75, 3.05) is 0 Å². The molecule has 0 saturated carbocycles. The van der Waals surface area contributed by atoms with Gasteiger partial charge in [-0.3, -0.25) is 9.78 Å². The van der Waals surface area contributed by atoms with Crippen LogP contribution in [0.2, 0.25) is 0 Å². The largest absolute Gasteiger partial charge is 0.299 e. The average Bonchev–Trinajstić information content (AvgIpc) is 2.36. The number of carbonyl (C=O) groups excluding carboxylic acids is 1. The first kappa shape index (κ1) is 13.5. The zero-order chi connectivity index (χ0) is 13.7. The van der Waals surface area contributed by atoms with E-state index < -0.39 is 0 Å². The number of hydrogen-bond donors (Lipinski definition) is 0. The van der Waals surface area contributed by atoms with Crippen LogP contribution in [0.3, 0.4) is 0 Å². The lowest BCUT2D eigenvalue weighted by atomic mass is 10.00. The Morgan fingerprint density at radius 3 is 2.26 bits per heavy atom. The highest BCUT2D eigenvalue weighted by molar-refractivity contribution is 5.81. The van der Waals surface area contributed by atoms with Crippen molar-refractivity contribution in [2.24, 2.45) is 0 Å². The smallest absolute Gasteiger partial charge is 0.137 e. The lowest BCUT2D eigenvalue weighted by molar-refractivity contribution is -0.118. The molecule has 2 aromatic rings. The second-order valence-electron chi connectivity index (χ2n) is 5.07. The molecule has 0 spiro atoms. The maximum absolute atomic E-state index is 12.0. The fourth-order valence-corrected chi connectivity index (χ4v) is 2.32. The summed E-state index contributed by atoms with van der Waals surface area (Å²) < 4.78 is 0. The summed E-state index contributed by atoms with van der Waals surface area (Å²) in [5.74, 6) is 0.293. The van der Waals surface area contributed by atoms with Crippen molar-refractivity contribution in [2.45, 2.75) is 33.1 Å². The summed E-state index contributed by atoms with van der Waals surface area (Å²) in [6.07, 6.45) is 5.46. The SMILES string of the molecule is Cc1cc(C)cc(CC(=O)CCc2ccncc2)c1. The average molecular weight is 253 g/mol. The Balaban J connectivity index is 1.91. The molecule has 0 N–H and O–H groups in total.